The molecule has 4 atom stereocenters. The first-order valence-corrected chi connectivity index (χ1v) is 15.0. The molecule has 2 aliphatic heterocycles. The molecule has 2 aromatic carbocycles. The summed E-state index contributed by atoms with van der Waals surface area (Å²) in [5, 5.41) is 4.84. The Bertz CT molecular complexity index is 1600. The summed E-state index contributed by atoms with van der Waals surface area (Å²) in [6.07, 6.45) is 5.03. The SMILES string of the molecule is COC(=O)c1cccc(-n2cccc2C2C(c3ccccn3)NC(=S)N2c2ccc(N3CC(C)CC(C)C3)c(Cl)c2)c1. The Kier molecular flexibility index (Phi) is 7.92. The topological polar surface area (TPSA) is 62.6 Å². The molecule has 7 nitrogen and oxygen atoms in total. The molecule has 1 N–H and O–H groups in total. The molecule has 9 heteroatoms. The number of piperidine rings is 1. The van der Waals surface area contributed by atoms with Crippen LogP contribution in [0.25, 0.3) is 5.69 Å². The van der Waals surface area contributed by atoms with Gasteiger partial charge in [-0.15, -0.1) is 0 Å². The minimum absolute atomic E-state index is 0.224. The van der Waals surface area contributed by atoms with Gasteiger partial charge in [-0.3, -0.25) is 4.98 Å². The first-order valence-electron chi connectivity index (χ1n) is 14.2. The minimum atomic E-state index is -0.380. The highest BCUT2D eigenvalue weighted by atomic mass is 35.5. The van der Waals surface area contributed by atoms with Crippen LogP contribution in [0.2, 0.25) is 5.02 Å². The lowest BCUT2D eigenvalue weighted by Crippen LogP contribution is -2.38. The quantitative estimate of drug-likeness (QED) is 0.190. The van der Waals surface area contributed by atoms with Crippen molar-refractivity contribution < 1.29 is 9.53 Å². The number of pyridine rings is 1. The van der Waals surface area contributed by atoms with Gasteiger partial charge in [-0.05, 0) is 91.1 Å². The molecule has 0 spiro atoms. The number of thiocarbonyl (C=S) groups is 1. The highest BCUT2D eigenvalue weighted by molar-refractivity contribution is 7.80. The summed E-state index contributed by atoms with van der Waals surface area (Å²) in [6.45, 7) is 6.60. The first-order chi connectivity index (χ1) is 20.3. The number of rotatable bonds is 6. The third-order valence-electron chi connectivity index (χ3n) is 8.15. The molecule has 216 valence electrons. The Morgan fingerprint density at radius 2 is 1.81 bits per heavy atom. The second-order valence-electron chi connectivity index (χ2n) is 11.3. The zero-order chi connectivity index (χ0) is 29.4. The van der Waals surface area contributed by atoms with Crippen molar-refractivity contribution in [3.05, 3.63) is 107 Å². The number of hydrogen-bond acceptors (Lipinski definition) is 5. The van der Waals surface area contributed by atoms with E-state index in [0.717, 1.165) is 41.5 Å². The minimum Gasteiger partial charge on any atom is -0.465 e. The van der Waals surface area contributed by atoms with Crippen molar-refractivity contribution in [2.75, 3.05) is 30.0 Å². The van der Waals surface area contributed by atoms with Gasteiger partial charge in [-0.1, -0.05) is 37.6 Å². The lowest BCUT2D eigenvalue weighted by molar-refractivity contribution is 0.0600. The molecule has 2 aliphatic rings. The lowest BCUT2D eigenvalue weighted by atomic mass is 9.91. The number of benzene rings is 2. The maximum absolute atomic E-state index is 12.3. The second kappa shape index (κ2) is 11.8. The average Bonchev–Trinajstić information content (AvgIpc) is 3.61. The van der Waals surface area contributed by atoms with Gasteiger partial charge in [-0.25, -0.2) is 4.79 Å². The molecular formula is C33H34ClN5O2S. The molecule has 4 aromatic rings. The van der Waals surface area contributed by atoms with E-state index in [4.69, 9.17) is 28.6 Å². The third kappa shape index (κ3) is 5.37. The van der Waals surface area contributed by atoms with Gasteiger partial charge in [0.2, 0.25) is 0 Å². The Balaban J connectivity index is 1.43. The molecule has 2 fully saturated rings. The van der Waals surface area contributed by atoms with Gasteiger partial charge in [0, 0.05) is 42.6 Å². The summed E-state index contributed by atoms with van der Waals surface area (Å²) in [7, 11) is 1.39. The zero-order valence-electron chi connectivity index (χ0n) is 23.9. The molecule has 0 saturated carbocycles. The average molecular weight is 600 g/mol. The number of nitrogens with zero attached hydrogens (tertiary/aromatic N) is 4. The number of esters is 1. The molecule has 0 aliphatic carbocycles. The van der Waals surface area contributed by atoms with E-state index in [2.05, 4.69) is 56.7 Å². The number of carbonyl (C=O) groups is 1. The summed E-state index contributed by atoms with van der Waals surface area (Å²) in [5.41, 5.74) is 5.15. The molecule has 6 rings (SSSR count). The van der Waals surface area contributed by atoms with E-state index in [1.165, 1.54) is 13.5 Å². The van der Waals surface area contributed by atoms with Crippen LogP contribution in [0, 0.1) is 11.8 Å². The molecule has 4 unspecified atom stereocenters. The largest absolute Gasteiger partial charge is 0.465 e. The number of ether oxygens (including phenoxy) is 1. The number of nitrogens with one attached hydrogen (secondary N) is 1. The van der Waals surface area contributed by atoms with Crippen LogP contribution in [-0.2, 0) is 4.74 Å². The fourth-order valence-electron chi connectivity index (χ4n) is 6.47. The molecule has 2 aromatic heterocycles. The zero-order valence-corrected chi connectivity index (χ0v) is 25.5. The van der Waals surface area contributed by atoms with E-state index in [1.807, 2.05) is 54.7 Å². The Morgan fingerprint density at radius 1 is 1.00 bits per heavy atom. The van der Waals surface area contributed by atoms with Gasteiger partial charge in [0.1, 0.15) is 6.04 Å². The fourth-order valence-corrected chi connectivity index (χ4v) is 7.11. The van der Waals surface area contributed by atoms with Gasteiger partial charge < -0.3 is 24.4 Å². The first kappa shape index (κ1) is 28.2. The summed E-state index contributed by atoms with van der Waals surface area (Å²) >= 11 is 13.0. The molecular weight excluding hydrogens is 566 g/mol. The fraction of sp³-hybridized carbons (Fsp3) is 0.303. The number of methoxy groups -OCH3 is 1. The normalized spacial score (nSPS) is 22.2. The predicted octanol–water partition coefficient (Wildman–Crippen LogP) is 6.97. The third-order valence-corrected chi connectivity index (χ3v) is 8.76. The Hall–Kier alpha value is -3.88. The van der Waals surface area contributed by atoms with E-state index in [-0.39, 0.29) is 18.1 Å². The maximum Gasteiger partial charge on any atom is 0.337 e. The van der Waals surface area contributed by atoms with E-state index >= 15 is 0 Å². The van der Waals surface area contributed by atoms with E-state index in [9.17, 15) is 4.79 Å². The predicted molar refractivity (Wildman–Crippen MR) is 172 cm³/mol. The van der Waals surface area contributed by atoms with Crippen LogP contribution in [0.15, 0.2) is 85.2 Å². The smallest absolute Gasteiger partial charge is 0.337 e. The van der Waals surface area contributed by atoms with Crippen LogP contribution in [-0.4, -0.2) is 40.8 Å². The number of halogens is 1. The molecule has 0 radical (unpaired) electrons. The number of aromatic nitrogens is 2. The standard InChI is InChI=1S/C33H34ClN5O2S/c1-21-16-22(2)20-37(19-21)28-13-12-25(18-26(28)34)39-31(30(36-33(39)42)27-10-4-5-14-35-27)29-11-7-15-38(29)24-9-6-8-23(17-24)32(40)41-3/h4-15,17-18,21-22,30-31H,16,19-20H2,1-3H3,(H,36,42). The lowest BCUT2D eigenvalue weighted by Gasteiger charge is -2.37. The summed E-state index contributed by atoms with van der Waals surface area (Å²) in [4.78, 5) is 21.5. The molecule has 0 amide bonds. The van der Waals surface area contributed by atoms with Gasteiger partial charge in [-0.2, -0.15) is 0 Å². The van der Waals surface area contributed by atoms with Crippen LogP contribution in [0.1, 0.15) is 54.1 Å². The summed E-state index contributed by atoms with van der Waals surface area (Å²) in [5.74, 6) is 0.858. The Labute approximate surface area is 257 Å². The molecule has 42 heavy (non-hydrogen) atoms. The van der Waals surface area contributed by atoms with Crippen LogP contribution in [0.3, 0.4) is 0 Å². The highest BCUT2D eigenvalue weighted by Crippen LogP contribution is 2.44. The van der Waals surface area contributed by atoms with E-state index < -0.39 is 0 Å². The van der Waals surface area contributed by atoms with Gasteiger partial charge >= 0.3 is 5.97 Å². The van der Waals surface area contributed by atoms with Crippen LogP contribution >= 0.6 is 23.8 Å². The Morgan fingerprint density at radius 3 is 2.52 bits per heavy atom. The van der Waals surface area contributed by atoms with Crippen molar-refractivity contribution in [3.8, 4) is 5.69 Å². The number of anilines is 2. The molecule has 2 saturated heterocycles. The van der Waals surface area contributed by atoms with Crippen molar-refractivity contribution >= 4 is 46.3 Å². The maximum atomic E-state index is 12.3. The van der Waals surface area contributed by atoms with Crippen molar-refractivity contribution in [2.24, 2.45) is 11.8 Å². The van der Waals surface area contributed by atoms with Gasteiger partial charge in [0.25, 0.3) is 0 Å². The number of hydrogen-bond donors (Lipinski definition) is 1. The second-order valence-corrected chi connectivity index (χ2v) is 12.1. The van der Waals surface area contributed by atoms with Crippen LogP contribution in [0.4, 0.5) is 11.4 Å². The van der Waals surface area contributed by atoms with Gasteiger partial charge in [0.15, 0.2) is 5.11 Å². The molecule has 0 bridgehead atoms. The van der Waals surface area contributed by atoms with Crippen molar-refractivity contribution in [2.45, 2.75) is 32.4 Å². The summed E-state index contributed by atoms with van der Waals surface area (Å²) < 4.78 is 7.06. The van der Waals surface area contributed by atoms with Crippen LogP contribution < -0.4 is 15.1 Å². The van der Waals surface area contributed by atoms with Crippen molar-refractivity contribution in [1.82, 2.24) is 14.9 Å². The van der Waals surface area contributed by atoms with E-state index in [0.29, 0.717) is 27.5 Å². The highest BCUT2D eigenvalue weighted by Gasteiger charge is 2.42. The summed E-state index contributed by atoms with van der Waals surface area (Å²) in [6, 6.07) is 23.2. The van der Waals surface area contributed by atoms with Crippen molar-refractivity contribution in [1.29, 1.82) is 0 Å². The van der Waals surface area contributed by atoms with Gasteiger partial charge in [0.05, 0.1) is 35.1 Å². The van der Waals surface area contributed by atoms with Crippen molar-refractivity contribution in [3.63, 3.8) is 0 Å². The monoisotopic (exact) mass is 599 g/mol. The number of carbonyl (C=O) groups excluding carboxylic acids is 1. The van der Waals surface area contributed by atoms with E-state index in [1.54, 1.807) is 12.3 Å². The molecule has 4 heterocycles. The van der Waals surface area contributed by atoms with Crippen LogP contribution in [0.5, 0.6) is 0 Å².